The fraction of sp³-hybridized carbons (Fsp3) is 0. The molecule has 13 rings (SSSR count). The van der Waals surface area contributed by atoms with Crippen LogP contribution in [0.15, 0.2) is 220 Å². The number of aromatic nitrogens is 2. The second kappa shape index (κ2) is 14.0. The molecule has 294 valence electrons. The average Bonchev–Trinajstić information content (AvgIpc) is 4.04. The largest absolute Gasteiger partial charge is 0.456 e. The van der Waals surface area contributed by atoms with Gasteiger partial charge in [0.1, 0.15) is 27.8 Å². The number of hydrogen-bond acceptors (Lipinski definition) is 5. The van der Waals surface area contributed by atoms with Gasteiger partial charge in [-0.2, -0.15) is 0 Å². The quantitative estimate of drug-likeness (QED) is 0.167. The zero-order chi connectivity index (χ0) is 41.4. The summed E-state index contributed by atoms with van der Waals surface area (Å²) in [6.07, 6.45) is 3.59. The van der Waals surface area contributed by atoms with Crippen LogP contribution in [0.25, 0.3) is 133 Å². The van der Waals surface area contributed by atoms with E-state index in [0.29, 0.717) is 0 Å². The lowest BCUT2D eigenvalue weighted by atomic mass is 9.95. The van der Waals surface area contributed by atoms with Gasteiger partial charge in [-0.15, -0.1) is 0 Å². The molecule has 0 aliphatic rings. The van der Waals surface area contributed by atoms with Gasteiger partial charge >= 0.3 is 0 Å². The molecule has 0 radical (unpaired) electrons. The van der Waals surface area contributed by atoms with E-state index in [-0.39, 0.29) is 0 Å². The Balaban J connectivity index is 0.813. The summed E-state index contributed by atoms with van der Waals surface area (Å²) in [6.45, 7) is 0. The van der Waals surface area contributed by atoms with Crippen molar-refractivity contribution in [1.29, 1.82) is 0 Å². The molecule has 0 saturated carbocycles. The van der Waals surface area contributed by atoms with Gasteiger partial charge in [-0.05, 0) is 141 Å². The van der Waals surface area contributed by atoms with Crippen molar-refractivity contribution < 1.29 is 13.3 Å². The van der Waals surface area contributed by atoms with Gasteiger partial charge < -0.3 is 13.3 Å². The Labute approximate surface area is 361 Å². The summed E-state index contributed by atoms with van der Waals surface area (Å²) < 4.78 is 18.5. The normalized spacial score (nSPS) is 11.8. The molecule has 63 heavy (non-hydrogen) atoms. The van der Waals surface area contributed by atoms with E-state index in [9.17, 15) is 0 Å². The Kier molecular flexibility index (Phi) is 7.84. The fourth-order valence-corrected chi connectivity index (χ4v) is 9.19. The number of para-hydroxylation sites is 1. The monoisotopic (exact) mass is 806 g/mol. The number of pyridine rings is 2. The predicted molar refractivity (Wildman–Crippen MR) is 256 cm³/mol. The number of fused-ring (bicyclic) bond motifs is 9. The Hall–Kier alpha value is -8.54. The number of benzene rings is 8. The van der Waals surface area contributed by atoms with E-state index in [1.807, 2.05) is 30.5 Å². The van der Waals surface area contributed by atoms with Crippen LogP contribution in [0.4, 0.5) is 0 Å². The molecule has 0 fully saturated rings. The smallest absolute Gasteiger partial charge is 0.153 e. The van der Waals surface area contributed by atoms with Gasteiger partial charge in [-0.3, -0.25) is 4.98 Å². The highest BCUT2D eigenvalue weighted by Crippen LogP contribution is 2.38. The van der Waals surface area contributed by atoms with Gasteiger partial charge in [-0.1, -0.05) is 109 Å². The minimum atomic E-state index is 0.765. The maximum Gasteiger partial charge on any atom is 0.153 e. The highest BCUT2D eigenvalue weighted by atomic mass is 16.3. The SMILES string of the molecule is c1cc(-c2cccc(-c3ccc4oc5ccc(-c6cccc(-c7cccc(-c8ccc9oc%10cnccc%10c9c8)c7)c6)cc5c4n3)c2)cc(-c2ccc3oc4ccccc4c3c2)c1. The Bertz CT molecular complexity index is 3690. The third-order valence-electron chi connectivity index (χ3n) is 12.4. The van der Waals surface area contributed by atoms with Crippen LogP contribution in [0, 0.1) is 0 Å². The van der Waals surface area contributed by atoms with E-state index in [4.69, 9.17) is 18.2 Å². The molecule has 0 spiro atoms. The summed E-state index contributed by atoms with van der Waals surface area (Å²) in [5.41, 5.74) is 19.2. The molecule has 0 amide bonds. The minimum absolute atomic E-state index is 0.765. The third kappa shape index (κ3) is 6.01. The molecule has 0 saturated heterocycles. The Morgan fingerprint density at radius 1 is 0.270 bits per heavy atom. The molecule has 0 aliphatic heterocycles. The van der Waals surface area contributed by atoms with Gasteiger partial charge in [0.05, 0.1) is 11.9 Å². The van der Waals surface area contributed by atoms with E-state index in [2.05, 4.69) is 175 Å². The molecule has 5 nitrogen and oxygen atoms in total. The number of nitrogens with zero attached hydrogens (tertiary/aromatic N) is 2. The van der Waals surface area contributed by atoms with Crippen LogP contribution in [0.2, 0.25) is 0 Å². The van der Waals surface area contributed by atoms with Gasteiger partial charge in [0, 0.05) is 38.7 Å². The summed E-state index contributed by atoms with van der Waals surface area (Å²) in [5.74, 6) is 0. The van der Waals surface area contributed by atoms with Crippen LogP contribution in [0.1, 0.15) is 0 Å². The van der Waals surface area contributed by atoms with Gasteiger partial charge in [-0.25, -0.2) is 4.98 Å². The summed E-state index contributed by atoms with van der Waals surface area (Å²) in [6, 6.07) is 68.4. The molecule has 0 bridgehead atoms. The lowest BCUT2D eigenvalue weighted by Gasteiger charge is -2.09. The highest BCUT2D eigenvalue weighted by Gasteiger charge is 2.15. The van der Waals surface area contributed by atoms with Crippen molar-refractivity contribution in [3.8, 4) is 66.9 Å². The van der Waals surface area contributed by atoms with E-state index >= 15 is 0 Å². The maximum absolute atomic E-state index is 6.34. The standard InChI is InChI=1S/C58H34N2O3/c1-2-16-52-46(15-1)48-31-42(17-21-53(48)61-52)39-11-5-9-37(29-39)41-13-6-14-45(30-41)51-20-24-56-58(60-51)50-33-44(19-23-55(50)62-56)40-12-4-8-36(28-40)35-7-3-10-38(27-35)43-18-22-54-49(32-43)47-25-26-59-34-57(47)63-54/h1-34H. The van der Waals surface area contributed by atoms with Gasteiger partial charge in [0.15, 0.2) is 11.2 Å². The van der Waals surface area contributed by atoms with Crippen LogP contribution in [0.5, 0.6) is 0 Å². The lowest BCUT2D eigenvalue weighted by molar-refractivity contribution is 0.667. The van der Waals surface area contributed by atoms with Crippen LogP contribution >= 0.6 is 0 Å². The highest BCUT2D eigenvalue weighted by molar-refractivity contribution is 6.08. The zero-order valence-corrected chi connectivity index (χ0v) is 33.7. The topological polar surface area (TPSA) is 65.2 Å². The Morgan fingerprint density at radius 2 is 0.683 bits per heavy atom. The van der Waals surface area contributed by atoms with E-state index in [1.165, 1.54) is 0 Å². The molecule has 13 aromatic rings. The third-order valence-corrected chi connectivity index (χ3v) is 12.4. The fourth-order valence-electron chi connectivity index (χ4n) is 9.19. The first kappa shape index (κ1) is 35.2. The van der Waals surface area contributed by atoms with Crippen LogP contribution in [-0.4, -0.2) is 9.97 Å². The first-order valence-corrected chi connectivity index (χ1v) is 21.1. The van der Waals surface area contributed by atoms with Gasteiger partial charge in [0.25, 0.3) is 0 Å². The molecule has 0 unspecified atom stereocenters. The summed E-state index contributed by atoms with van der Waals surface area (Å²) in [5, 5.41) is 5.40. The summed E-state index contributed by atoms with van der Waals surface area (Å²) >= 11 is 0. The van der Waals surface area contributed by atoms with Crippen molar-refractivity contribution in [2.75, 3.05) is 0 Å². The van der Waals surface area contributed by atoms with E-state index < -0.39 is 0 Å². The molecular formula is C58H34N2O3. The second-order valence-corrected chi connectivity index (χ2v) is 16.2. The number of hydrogen-bond donors (Lipinski definition) is 0. The second-order valence-electron chi connectivity index (χ2n) is 16.2. The van der Waals surface area contributed by atoms with Crippen molar-refractivity contribution in [3.63, 3.8) is 0 Å². The van der Waals surface area contributed by atoms with Crippen LogP contribution in [0.3, 0.4) is 0 Å². The Morgan fingerprint density at radius 3 is 1.27 bits per heavy atom. The van der Waals surface area contributed by atoms with Crippen molar-refractivity contribution in [2.24, 2.45) is 0 Å². The first-order chi connectivity index (χ1) is 31.1. The van der Waals surface area contributed by atoms with E-state index in [1.54, 1.807) is 6.20 Å². The summed E-state index contributed by atoms with van der Waals surface area (Å²) in [7, 11) is 0. The molecular weight excluding hydrogens is 773 g/mol. The predicted octanol–water partition coefficient (Wildman–Crippen LogP) is 16.2. The number of rotatable bonds is 6. The molecule has 0 aliphatic carbocycles. The first-order valence-electron chi connectivity index (χ1n) is 21.1. The van der Waals surface area contributed by atoms with E-state index in [0.717, 1.165) is 133 Å². The van der Waals surface area contributed by atoms with Crippen molar-refractivity contribution in [3.05, 3.63) is 207 Å². The molecule has 5 heteroatoms. The minimum Gasteiger partial charge on any atom is -0.456 e. The molecule has 5 aromatic heterocycles. The van der Waals surface area contributed by atoms with Crippen molar-refractivity contribution in [2.45, 2.75) is 0 Å². The summed E-state index contributed by atoms with van der Waals surface area (Å²) in [4.78, 5) is 9.47. The van der Waals surface area contributed by atoms with Crippen LogP contribution < -0.4 is 0 Å². The van der Waals surface area contributed by atoms with Crippen molar-refractivity contribution >= 4 is 65.9 Å². The maximum atomic E-state index is 6.34. The van der Waals surface area contributed by atoms with Crippen molar-refractivity contribution in [1.82, 2.24) is 9.97 Å². The molecule has 0 N–H and O–H groups in total. The lowest BCUT2D eigenvalue weighted by Crippen LogP contribution is -1.86. The van der Waals surface area contributed by atoms with Gasteiger partial charge in [0.2, 0.25) is 0 Å². The molecule has 8 aromatic carbocycles. The zero-order valence-electron chi connectivity index (χ0n) is 33.7. The number of furan rings is 3. The van der Waals surface area contributed by atoms with Crippen LogP contribution in [-0.2, 0) is 0 Å². The average molecular weight is 807 g/mol. The molecule has 0 atom stereocenters. The molecule has 5 heterocycles.